The Hall–Kier alpha value is -1.25. The summed E-state index contributed by atoms with van der Waals surface area (Å²) in [6.45, 7) is 4.31. The standard InChI is InChI=1S/C16H28N2O7S/c19-15-17-3-7-24-11-9-22-5-1-13-26(21)14-2-6-23-10-12-25-8-4-18-16-20/h1-14H2. The van der Waals surface area contributed by atoms with Crippen molar-refractivity contribution in [1.29, 1.82) is 0 Å². The molecule has 0 amide bonds. The second-order valence-electron chi connectivity index (χ2n) is 4.95. The van der Waals surface area contributed by atoms with Gasteiger partial charge in [0.2, 0.25) is 12.2 Å². The number of rotatable bonds is 20. The van der Waals surface area contributed by atoms with Crippen LogP contribution in [0.25, 0.3) is 0 Å². The van der Waals surface area contributed by atoms with Crippen LogP contribution in [0.3, 0.4) is 0 Å². The summed E-state index contributed by atoms with van der Waals surface area (Å²) < 4.78 is 32.9. The minimum absolute atomic E-state index is 0.315. The molecule has 0 aliphatic heterocycles. The van der Waals surface area contributed by atoms with Gasteiger partial charge >= 0.3 is 0 Å². The molecule has 0 saturated heterocycles. The van der Waals surface area contributed by atoms with Crippen LogP contribution in [0.4, 0.5) is 0 Å². The zero-order valence-electron chi connectivity index (χ0n) is 15.1. The number of carbonyl (C=O) groups excluding carboxylic acids is 2. The fraction of sp³-hybridized carbons (Fsp3) is 0.875. The molecule has 0 bridgehead atoms. The highest BCUT2D eigenvalue weighted by Gasteiger charge is 2.00. The van der Waals surface area contributed by atoms with E-state index in [0.717, 1.165) is 12.8 Å². The molecule has 10 heteroatoms. The largest absolute Gasteiger partial charge is 0.379 e. The van der Waals surface area contributed by atoms with E-state index in [1.807, 2.05) is 0 Å². The molecule has 0 aliphatic rings. The van der Waals surface area contributed by atoms with E-state index in [1.54, 1.807) is 0 Å². The topological polar surface area (TPSA) is 113 Å². The van der Waals surface area contributed by atoms with Crippen LogP contribution >= 0.6 is 0 Å². The molecule has 0 rings (SSSR count). The molecule has 0 radical (unpaired) electrons. The Bertz CT molecular complexity index is 400. The van der Waals surface area contributed by atoms with Crippen LogP contribution in [0.15, 0.2) is 9.98 Å². The van der Waals surface area contributed by atoms with E-state index in [1.165, 1.54) is 12.2 Å². The Kier molecular flexibility index (Phi) is 20.7. The number of hydrogen-bond acceptors (Lipinski definition) is 9. The third-order valence-corrected chi connectivity index (χ3v) is 4.38. The van der Waals surface area contributed by atoms with E-state index in [4.69, 9.17) is 18.9 Å². The maximum absolute atomic E-state index is 11.8. The first-order valence-electron chi connectivity index (χ1n) is 8.54. The van der Waals surface area contributed by atoms with Crippen LogP contribution in [0.5, 0.6) is 0 Å². The summed E-state index contributed by atoms with van der Waals surface area (Å²) >= 11 is 0. The predicted molar refractivity (Wildman–Crippen MR) is 96.4 cm³/mol. The molecule has 0 saturated carbocycles. The van der Waals surface area contributed by atoms with Gasteiger partial charge in [-0.3, -0.25) is 4.21 Å². The van der Waals surface area contributed by atoms with Gasteiger partial charge in [0.25, 0.3) is 0 Å². The van der Waals surface area contributed by atoms with Crippen LogP contribution in [-0.2, 0) is 39.3 Å². The summed E-state index contributed by atoms with van der Waals surface area (Å²) in [5.41, 5.74) is 0. The summed E-state index contributed by atoms with van der Waals surface area (Å²) in [5.74, 6) is 1.21. The Morgan fingerprint density at radius 1 is 0.615 bits per heavy atom. The smallest absolute Gasteiger partial charge is 0.235 e. The van der Waals surface area contributed by atoms with Crippen molar-refractivity contribution < 1.29 is 32.7 Å². The van der Waals surface area contributed by atoms with Gasteiger partial charge in [0.15, 0.2) is 0 Å². The molecule has 0 atom stereocenters. The second-order valence-corrected chi connectivity index (χ2v) is 6.65. The number of ether oxygens (including phenoxy) is 4. The lowest BCUT2D eigenvalue weighted by Gasteiger charge is -2.06. The van der Waals surface area contributed by atoms with E-state index in [9.17, 15) is 13.8 Å². The fourth-order valence-corrected chi connectivity index (χ4v) is 2.79. The summed E-state index contributed by atoms with van der Waals surface area (Å²) in [6.07, 6.45) is 4.35. The molecule has 26 heavy (non-hydrogen) atoms. The molecule has 0 N–H and O–H groups in total. The minimum Gasteiger partial charge on any atom is -0.379 e. The summed E-state index contributed by atoms with van der Waals surface area (Å²) in [5, 5.41) is 0. The van der Waals surface area contributed by atoms with Crippen LogP contribution < -0.4 is 0 Å². The summed E-state index contributed by atoms with van der Waals surface area (Å²) in [6, 6.07) is 0. The van der Waals surface area contributed by atoms with Crippen molar-refractivity contribution in [2.24, 2.45) is 9.98 Å². The number of nitrogens with zero attached hydrogens (tertiary/aromatic N) is 2. The molecule has 150 valence electrons. The lowest BCUT2D eigenvalue weighted by atomic mass is 10.5. The van der Waals surface area contributed by atoms with E-state index < -0.39 is 10.8 Å². The van der Waals surface area contributed by atoms with Gasteiger partial charge in [-0.1, -0.05) is 0 Å². The van der Waals surface area contributed by atoms with Crippen molar-refractivity contribution in [1.82, 2.24) is 0 Å². The Morgan fingerprint density at radius 3 is 1.38 bits per heavy atom. The predicted octanol–water partition coefficient (Wildman–Crippen LogP) is 0.253. The molecular formula is C16H28N2O7S. The first-order chi connectivity index (χ1) is 12.8. The highest BCUT2D eigenvalue weighted by molar-refractivity contribution is 7.84. The van der Waals surface area contributed by atoms with Crippen LogP contribution in [0.2, 0.25) is 0 Å². The van der Waals surface area contributed by atoms with Gasteiger partial charge in [-0.15, -0.1) is 0 Å². The lowest BCUT2D eigenvalue weighted by molar-refractivity contribution is 0.0510. The lowest BCUT2D eigenvalue weighted by Crippen LogP contribution is -2.12. The quantitative estimate of drug-likeness (QED) is 0.166. The van der Waals surface area contributed by atoms with Crippen LogP contribution in [0, 0.1) is 0 Å². The average Bonchev–Trinajstić information content (AvgIpc) is 2.64. The van der Waals surface area contributed by atoms with Gasteiger partial charge in [-0.2, -0.15) is 0 Å². The first-order valence-corrected chi connectivity index (χ1v) is 10.0. The van der Waals surface area contributed by atoms with Crippen molar-refractivity contribution in [2.75, 3.05) is 77.5 Å². The van der Waals surface area contributed by atoms with E-state index in [0.29, 0.717) is 77.5 Å². The average molecular weight is 392 g/mol. The normalized spacial score (nSPS) is 11.5. The van der Waals surface area contributed by atoms with Gasteiger partial charge < -0.3 is 18.9 Å². The molecule has 0 unspecified atom stereocenters. The molecule has 0 aromatic carbocycles. The third kappa shape index (κ3) is 20.8. The Morgan fingerprint density at radius 2 is 1.00 bits per heavy atom. The van der Waals surface area contributed by atoms with Crippen molar-refractivity contribution in [3.8, 4) is 0 Å². The fourth-order valence-electron chi connectivity index (χ4n) is 1.70. The summed E-state index contributed by atoms with van der Waals surface area (Å²) in [7, 11) is -0.866. The van der Waals surface area contributed by atoms with Crippen molar-refractivity contribution in [2.45, 2.75) is 12.8 Å². The van der Waals surface area contributed by atoms with E-state index >= 15 is 0 Å². The van der Waals surface area contributed by atoms with Crippen molar-refractivity contribution in [3.05, 3.63) is 0 Å². The maximum atomic E-state index is 11.8. The molecular weight excluding hydrogens is 364 g/mol. The van der Waals surface area contributed by atoms with Crippen LogP contribution in [0.1, 0.15) is 12.8 Å². The molecule has 0 heterocycles. The highest BCUT2D eigenvalue weighted by Crippen LogP contribution is 1.94. The van der Waals surface area contributed by atoms with Gasteiger partial charge in [0.1, 0.15) is 0 Å². The molecule has 9 nitrogen and oxygen atoms in total. The second kappa shape index (κ2) is 21.8. The van der Waals surface area contributed by atoms with Gasteiger partial charge in [0, 0.05) is 35.5 Å². The molecule has 0 aromatic heterocycles. The Balaban J connectivity index is 3.20. The van der Waals surface area contributed by atoms with E-state index in [2.05, 4.69) is 9.98 Å². The highest BCUT2D eigenvalue weighted by atomic mass is 32.2. The Labute approximate surface area is 156 Å². The molecule has 0 fully saturated rings. The number of isocyanates is 2. The molecule has 0 aliphatic carbocycles. The minimum atomic E-state index is -0.866. The van der Waals surface area contributed by atoms with E-state index in [-0.39, 0.29) is 0 Å². The van der Waals surface area contributed by atoms with Crippen molar-refractivity contribution in [3.63, 3.8) is 0 Å². The van der Waals surface area contributed by atoms with Crippen LogP contribution in [-0.4, -0.2) is 93.8 Å². The molecule has 0 spiro atoms. The zero-order valence-corrected chi connectivity index (χ0v) is 15.9. The first kappa shape index (κ1) is 24.8. The monoisotopic (exact) mass is 392 g/mol. The van der Waals surface area contributed by atoms with Gasteiger partial charge in [0.05, 0.1) is 52.7 Å². The molecule has 0 aromatic rings. The number of hydrogen-bond donors (Lipinski definition) is 0. The number of aliphatic imine (C=N–C) groups is 2. The van der Waals surface area contributed by atoms with Gasteiger partial charge in [-0.25, -0.2) is 19.6 Å². The zero-order chi connectivity index (χ0) is 19.1. The van der Waals surface area contributed by atoms with Gasteiger partial charge in [-0.05, 0) is 12.8 Å². The maximum Gasteiger partial charge on any atom is 0.235 e. The van der Waals surface area contributed by atoms with Crippen molar-refractivity contribution >= 4 is 23.0 Å². The summed E-state index contributed by atoms with van der Waals surface area (Å²) in [4.78, 5) is 26.3. The SMILES string of the molecule is O=C=NCCOCCOCCCS(=O)CCCOCCOCCN=C=O. The third-order valence-electron chi connectivity index (χ3n) is 2.89.